The molecule has 0 aliphatic rings. The van der Waals surface area contributed by atoms with Gasteiger partial charge in [0.2, 0.25) is 0 Å². The summed E-state index contributed by atoms with van der Waals surface area (Å²) >= 11 is 1.89. The lowest BCUT2D eigenvalue weighted by atomic mass is 9.79. The largest absolute Gasteiger partial charge is 0.507 e. The van der Waals surface area contributed by atoms with Gasteiger partial charge in [-0.05, 0) is 43.9 Å². The smallest absolute Gasteiger partial charge is 0.293 e. The molecule has 32 heavy (non-hydrogen) atoms. The number of halogens is 1. The quantitative estimate of drug-likeness (QED) is 0.377. The summed E-state index contributed by atoms with van der Waals surface area (Å²) in [5.74, 6) is 0.912. The molecule has 0 fully saturated rings. The average molecular weight is 475 g/mol. The standard InChI is InChI=1S/2C14H22O.Al.ClH/c2*1-13(2,3)10-8-7-9-11(12(10)15)14(4,5)6;;/h2*7-9,15H,1-6H3;;1H/q;;+1;/p-1. The first kappa shape index (κ1) is 30.9. The van der Waals surface area contributed by atoms with Crippen LogP contribution < -0.4 is 0 Å². The molecule has 0 unspecified atom stereocenters. The first-order valence-electron chi connectivity index (χ1n) is 11.2. The van der Waals surface area contributed by atoms with Gasteiger partial charge in [0.25, 0.3) is 15.4 Å². The van der Waals surface area contributed by atoms with Crippen LogP contribution in [-0.2, 0) is 21.7 Å². The van der Waals surface area contributed by atoms with Gasteiger partial charge in [0.1, 0.15) is 11.5 Å². The number of rotatable bonds is 0. The van der Waals surface area contributed by atoms with Crippen molar-refractivity contribution in [2.45, 2.75) is 105 Å². The predicted molar refractivity (Wildman–Crippen MR) is 143 cm³/mol. The van der Waals surface area contributed by atoms with Crippen LogP contribution in [0.15, 0.2) is 36.4 Å². The topological polar surface area (TPSA) is 40.5 Å². The zero-order chi connectivity index (χ0) is 25.7. The zero-order valence-corrected chi connectivity index (χ0v) is 24.2. The Morgan fingerprint density at radius 3 is 0.750 bits per heavy atom. The minimum absolute atomic E-state index is 0.00859. The van der Waals surface area contributed by atoms with E-state index in [1.165, 1.54) is 0 Å². The molecule has 0 saturated carbocycles. The number of hydrogen-bond acceptors (Lipinski definition) is 2. The van der Waals surface area contributed by atoms with E-state index in [-0.39, 0.29) is 21.7 Å². The average Bonchev–Trinajstić information content (AvgIpc) is 2.60. The lowest BCUT2D eigenvalue weighted by Crippen LogP contribution is -2.16. The second-order valence-corrected chi connectivity index (χ2v) is 12.4. The molecule has 2 aromatic carbocycles. The summed E-state index contributed by atoms with van der Waals surface area (Å²) in [7, 11) is 4.56. The Hall–Kier alpha value is -1.14. The summed E-state index contributed by atoms with van der Waals surface area (Å²) in [6, 6.07) is 12.1. The summed E-state index contributed by atoms with van der Waals surface area (Å²) in [6.07, 6.45) is 0. The van der Waals surface area contributed by atoms with Gasteiger partial charge in [-0.2, -0.15) is 0 Å². The van der Waals surface area contributed by atoms with Crippen LogP contribution in [0.1, 0.15) is 105 Å². The van der Waals surface area contributed by atoms with Gasteiger partial charge in [0, 0.05) is 0 Å². The maximum absolute atomic E-state index is 10.3. The fraction of sp³-hybridized carbons (Fsp3) is 0.571. The minimum atomic E-state index is -0.00859. The molecule has 2 N–H and O–H groups in total. The maximum atomic E-state index is 10.3. The number of benzene rings is 2. The van der Waals surface area contributed by atoms with Gasteiger partial charge in [-0.15, -0.1) is 0 Å². The summed E-state index contributed by atoms with van der Waals surface area (Å²) in [5, 5.41) is 20.5. The lowest BCUT2D eigenvalue weighted by Gasteiger charge is -2.26. The number of hydrogen-bond donors (Lipinski definition) is 2. The third kappa shape index (κ3) is 8.66. The second kappa shape index (κ2) is 11.3. The Bertz CT molecular complexity index is 723. The maximum Gasteiger partial charge on any atom is 0.293 e. The van der Waals surface area contributed by atoms with E-state index in [4.69, 9.17) is 0 Å². The highest BCUT2D eigenvalue weighted by atomic mass is 35.6. The first-order chi connectivity index (χ1) is 14.3. The molecule has 0 aliphatic heterocycles. The van der Waals surface area contributed by atoms with E-state index in [0.717, 1.165) is 22.3 Å². The van der Waals surface area contributed by atoms with Gasteiger partial charge in [-0.25, -0.2) is 0 Å². The molecule has 0 spiro atoms. The van der Waals surface area contributed by atoms with Crippen LogP contribution in [0.3, 0.4) is 0 Å². The van der Waals surface area contributed by atoms with Crippen molar-refractivity contribution in [2.75, 3.05) is 0 Å². The fourth-order valence-corrected chi connectivity index (χ4v) is 3.51. The Balaban J connectivity index is 0.000000557. The number of phenols is 2. The van der Waals surface area contributed by atoms with Gasteiger partial charge in [-0.3, -0.25) is 10.0 Å². The summed E-state index contributed by atoms with van der Waals surface area (Å²) < 4.78 is 0. The molecule has 0 bridgehead atoms. The molecule has 2 radical (unpaired) electrons. The highest BCUT2D eigenvalue weighted by Gasteiger charge is 2.25. The van der Waals surface area contributed by atoms with Crippen LogP contribution in [0.2, 0.25) is 0 Å². The Labute approximate surface area is 210 Å². The van der Waals surface area contributed by atoms with Gasteiger partial charge >= 0.3 is 0 Å². The zero-order valence-electron chi connectivity index (χ0n) is 22.3. The highest BCUT2D eigenvalue weighted by Crippen LogP contribution is 2.39. The van der Waals surface area contributed by atoms with Crippen molar-refractivity contribution in [1.82, 2.24) is 0 Å². The molecule has 2 nitrogen and oxygen atoms in total. The molecular formula is C28H44AlClO2. The van der Waals surface area contributed by atoms with E-state index in [1.54, 1.807) is 0 Å². The summed E-state index contributed by atoms with van der Waals surface area (Å²) in [5.41, 5.74) is 4.06. The van der Waals surface area contributed by atoms with Gasteiger partial charge < -0.3 is 10.2 Å². The van der Waals surface area contributed by atoms with Crippen LogP contribution in [-0.4, -0.2) is 25.6 Å². The molecule has 4 heteroatoms. The number of aromatic hydroxyl groups is 2. The summed E-state index contributed by atoms with van der Waals surface area (Å²) in [4.78, 5) is 0. The molecule has 0 aliphatic carbocycles. The van der Waals surface area contributed by atoms with Crippen LogP contribution in [0, 0.1) is 0 Å². The van der Waals surface area contributed by atoms with E-state index in [9.17, 15) is 10.2 Å². The predicted octanol–water partition coefficient (Wildman–Crippen LogP) is 8.28. The van der Waals surface area contributed by atoms with Crippen molar-refractivity contribution in [1.29, 1.82) is 0 Å². The third-order valence-electron chi connectivity index (χ3n) is 5.30. The third-order valence-corrected chi connectivity index (χ3v) is 5.30. The van der Waals surface area contributed by atoms with Crippen molar-refractivity contribution < 1.29 is 10.2 Å². The highest BCUT2D eigenvalue weighted by molar-refractivity contribution is 6.80. The lowest BCUT2D eigenvalue weighted by molar-refractivity contribution is 0.422. The monoisotopic (exact) mass is 474 g/mol. The van der Waals surface area contributed by atoms with Gasteiger partial charge in [0.05, 0.1) is 0 Å². The van der Waals surface area contributed by atoms with E-state index < -0.39 is 0 Å². The number of phenolic OH excluding ortho intramolecular Hbond substituents is 2. The molecule has 178 valence electrons. The van der Waals surface area contributed by atoms with E-state index >= 15 is 0 Å². The van der Waals surface area contributed by atoms with Crippen molar-refractivity contribution in [2.24, 2.45) is 0 Å². The van der Waals surface area contributed by atoms with Gasteiger partial charge in [0.15, 0.2) is 0 Å². The molecule has 2 aromatic rings. The van der Waals surface area contributed by atoms with Gasteiger partial charge in [-0.1, -0.05) is 119 Å². The Morgan fingerprint density at radius 2 is 0.625 bits per heavy atom. The fourth-order valence-electron chi connectivity index (χ4n) is 3.51. The molecular weight excluding hydrogens is 431 g/mol. The number of para-hydroxylation sites is 2. The molecule has 0 aromatic heterocycles. The molecule has 0 heterocycles. The van der Waals surface area contributed by atoms with Crippen molar-refractivity contribution in [3.63, 3.8) is 0 Å². The SMILES string of the molecule is CC(C)(C)c1cccc(C(C)(C)C)c1O.CC(C)(C)c1cccc(C(C)(C)C)c1O.[Al][Cl]. The summed E-state index contributed by atoms with van der Waals surface area (Å²) in [6.45, 7) is 25.4. The first-order valence-corrected chi connectivity index (χ1v) is 12.9. The minimum Gasteiger partial charge on any atom is -0.507 e. The normalized spacial score (nSPS) is 12.3. The second-order valence-electron chi connectivity index (χ2n) is 12.4. The molecule has 0 saturated heterocycles. The van der Waals surface area contributed by atoms with Crippen molar-refractivity contribution >= 4 is 25.4 Å². The van der Waals surface area contributed by atoms with E-state index in [0.29, 0.717) is 11.5 Å². The Kier molecular flexibility index (Phi) is 10.9. The van der Waals surface area contributed by atoms with Crippen LogP contribution >= 0.6 is 10.0 Å². The van der Waals surface area contributed by atoms with E-state index in [1.807, 2.05) is 51.8 Å². The van der Waals surface area contributed by atoms with Crippen molar-refractivity contribution in [3.05, 3.63) is 58.7 Å². The molecule has 0 atom stereocenters. The Morgan fingerprint density at radius 1 is 0.469 bits per heavy atom. The molecule has 2 rings (SSSR count). The van der Waals surface area contributed by atoms with Crippen LogP contribution in [0.4, 0.5) is 0 Å². The van der Waals surface area contributed by atoms with Crippen molar-refractivity contribution in [3.8, 4) is 11.5 Å². The van der Waals surface area contributed by atoms with Crippen LogP contribution in [0.5, 0.6) is 11.5 Å². The van der Waals surface area contributed by atoms with Crippen LogP contribution in [0.25, 0.3) is 0 Å². The van der Waals surface area contributed by atoms with E-state index in [2.05, 4.69) is 93.1 Å². The molecule has 0 amide bonds.